The van der Waals surface area contributed by atoms with Crippen LogP contribution in [0.5, 0.6) is 0 Å². The zero-order valence-corrected chi connectivity index (χ0v) is 6.10. The Bertz CT molecular complexity index is 400. The van der Waals surface area contributed by atoms with E-state index in [1.54, 1.807) is 18.2 Å². The lowest BCUT2D eigenvalue weighted by Crippen LogP contribution is -2.30. The number of aromatic amines is 1. The molecule has 1 aromatic carbocycles. The lowest BCUT2D eigenvalue weighted by Gasteiger charge is -1.97. The molecule has 6 heteroatoms. The Balaban J connectivity index is 2.73. The van der Waals surface area contributed by atoms with Crippen molar-refractivity contribution in [3.8, 4) is 0 Å². The summed E-state index contributed by atoms with van der Waals surface area (Å²) in [6, 6.07) is 5.06. The van der Waals surface area contributed by atoms with Gasteiger partial charge >= 0.3 is 7.12 Å². The van der Waals surface area contributed by atoms with Crippen molar-refractivity contribution in [3.05, 3.63) is 18.2 Å². The molecular formula is C6H6BN3O2. The molecule has 0 bridgehead atoms. The summed E-state index contributed by atoms with van der Waals surface area (Å²) in [4.78, 5) is 0. The van der Waals surface area contributed by atoms with E-state index in [1.165, 1.54) is 0 Å². The van der Waals surface area contributed by atoms with Crippen LogP contribution in [-0.4, -0.2) is 32.6 Å². The first-order chi connectivity index (χ1) is 5.79. The molecule has 0 saturated carbocycles. The summed E-state index contributed by atoms with van der Waals surface area (Å²) in [5.74, 6) is 0. The third kappa shape index (κ3) is 0.974. The summed E-state index contributed by atoms with van der Waals surface area (Å²) in [5.41, 5.74) is 1.55. The van der Waals surface area contributed by atoms with Gasteiger partial charge in [-0.15, -0.1) is 5.10 Å². The van der Waals surface area contributed by atoms with E-state index in [0.717, 1.165) is 0 Å². The van der Waals surface area contributed by atoms with Gasteiger partial charge in [-0.25, -0.2) is 0 Å². The molecule has 0 aliphatic carbocycles. The van der Waals surface area contributed by atoms with Crippen LogP contribution in [-0.2, 0) is 0 Å². The van der Waals surface area contributed by atoms with Gasteiger partial charge < -0.3 is 10.0 Å². The van der Waals surface area contributed by atoms with E-state index in [-0.39, 0.29) is 0 Å². The molecule has 2 aromatic rings. The maximum Gasteiger partial charge on any atom is 0.490 e. The lowest BCUT2D eigenvalue weighted by molar-refractivity contribution is 0.426. The number of hydrogen-bond acceptors (Lipinski definition) is 4. The molecule has 0 fully saturated rings. The van der Waals surface area contributed by atoms with Crippen LogP contribution in [0.4, 0.5) is 0 Å². The van der Waals surface area contributed by atoms with Gasteiger partial charge in [0.1, 0.15) is 5.52 Å². The van der Waals surface area contributed by atoms with E-state index in [2.05, 4.69) is 15.4 Å². The average Bonchev–Trinajstić information content (AvgIpc) is 2.49. The highest BCUT2D eigenvalue weighted by Gasteiger charge is 2.15. The fourth-order valence-electron chi connectivity index (χ4n) is 1.10. The number of rotatable bonds is 1. The van der Waals surface area contributed by atoms with E-state index < -0.39 is 7.12 Å². The molecule has 0 saturated heterocycles. The molecule has 1 aromatic heterocycles. The molecular weight excluding hydrogens is 157 g/mol. The molecule has 60 valence electrons. The van der Waals surface area contributed by atoms with Crippen molar-refractivity contribution in [2.45, 2.75) is 0 Å². The molecule has 0 aliphatic heterocycles. The third-order valence-corrected chi connectivity index (χ3v) is 1.67. The van der Waals surface area contributed by atoms with Gasteiger partial charge in [-0.05, 0) is 6.07 Å². The van der Waals surface area contributed by atoms with E-state index in [4.69, 9.17) is 10.0 Å². The second-order valence-corrected chi connectivity index (χ2v) is 2.43. The Kier molecular flexibility index (Phi) is 1.56. The number of nitrogens with zero attached hydrogens (tertiary/aromatic N) is 2. The minimum Gasteiger partial charge on any atom is -0.423 e. The second-order valence-electron chi connectivity index (χ2n) is 2.43. The van der Waals surface area contributed by atoms with E-state index in [1.807, 2.05) is 0 Å². The van der Waals surface area contributed by atoms with Crippen molar-refractivity contribution in [2.75, 3.05) is 0 Å². The van der Waals surface area contributed by atoms with Crippen molar-refractivity contribution in [1.29, 1.82) is 0 Å². The van der Waals surface area contributed by atoms with E-state index >= 15 is 0 Å². The predicted molar refractivity (Wildman–Crippen MR) is 43.7 cm³/mol. The minimum absolute atomic E-state index is 0.362. The first-order valence-corrected chi connectivity index (χ1v) is 3.45. The van der Waals surface area contributed by atoms with Crippen molar-refractivity contribution >= 4 is 23.6 Å². The summed E-state index contributed by atoms with van der Waals surface area (Å²) < 4.78 is 0. The monoisotopic (exact) mass is 163 g/mol. The normalized spacial score (nSPS) is 10.5. The van der Waals surface area contributed by atoms with Crippen LogP contribution in [0.2, 0.25) is 0 Å². The number of benzene rings is 1. The molecule has 0 atom stereocenters. The largest absolute Gasteiger partial charge is 0.490 e. The van der Waals surface area contributed by atoms with Gasteiger partial charge in [0.25, 0.3) is 0 Å². The number of fused-ring (bicyclic) bond motifs is 1. The van der Waals surface area contributed by atoms with Gasteiger partial charge in [0.15, 0.2) is 0 Å². The topological polar surface area (TPSA) is 82.0 Å². The van der Waals surface area contributed by atoms with E-state index in [9.17, 15) is 0 Å². The Morgan fingerprint density at radius 1 is 1.33 bits per heavy atom. The van der Waals surface area contributed by atoms with E-state index in [0.29, 0.717) is 16.5 Å². The summed E-state index contributed by atoms with van der Waals surface area (Å²) in [5, 5.41) is 27.7. The van der Waals surface area contributed by atoms with Crippen LogP contribution in [0.3, 0.4) is 0 Å². The summed E-state index contributed by atoms with van der Waals surface area (Å²) >= 11 is 0. The minimum atomic E-state index is -1.50. The first kappa shape index (κ1) is 7.26. The maximum atomic E-state index is 8.91. The van der Waals surface area contributed by atoms with Gasteiger partial charge in [-0.1, -0.05) is 17.3 Å². The molecule has 3 N–H and O–H groups in total. The molecule has 12 heavy (non-hydrogen) atoms. The van der Waals surface area contributed by atoms with Gasteiger partial charge in [0.05, 0.1) is 5.52 Å². The smallest absolute Gasteiger partial charge is 0.423 e. The molecule has 0 spiro atoms. The number of H-pyrrole nitrogens is 1. The average molecular weight is 163 g/mol. The van der Waals surface area contributed by atoms with Crippen molar-refractivity contribution in [2.24, 2.45) is 0 Å². The van der Waals surface area contributed by atoms with Crippen molar-refractivity contribution in [3.63, 3.8) is 0 Å². The van der Waals surface area contributed by atoms with Gasteiger partial charge in [-0.3, -0.25) is 5.10 Å². The Morgan fingerprint density at radius 2 is 2.17 bits per heavy atom. The molecule has 0 radical (unpaired) electrons. The van der Waals surface area contributed by atoms with Gasteiger partial charge in [0, 0.05) is 5.46 Å². The Hall–Kier alpha value is -1.40. The SMILES string of the molecule is OB(O)c1cccc2[nH]nnc12. The Labute approximate surface area is 68.2 Å². The number of hydrogen-bond donors (Lipinski definition) is 3. The maximum absolute atomic E-state index is 8.91. The Morgan fingerprint density at radius 3 is 2.92 bits per heavy atom. The van der Waals surface area contributed by atoms with Crippen molar-refractivity contribution < 1.29 is 10.0 Å². The predicted octanol–water partition coefficient (Wildman–Crippen LogP) is -1.36. The summed E-state index contributed by atoms with van der Waals surface area (Å²) in [7, 11) is -1.50. The number of nitrogens with one attached hydrogen (secondary N) is 1. The molecule has 0 amide bonds. The van der Waals surface area contributed by atoms with Crippen LogP contribution in [0.1, 0.15) is 0 Å². The molecule has 5 nitrogen and oxygen atoms in total. The summed E-state index contributed by atoms with van der Waals surface area (Å²) in [6.45, 7) is 0. The molecule has 2 rings (SSSR count). The fourth-order valence-corrected chi connectivity index (χ4v) is 1.10. The quantitative estimate of drug-likeness (QED) is 0.453. The van der Waals surface area contributed by atoms with Crippen LogP contribution in [0.25, 0.3) is 11.0 Å². The number of aromatic nitrogens is 3. The van der Waals surface area contributed by atoms with Gasteiger partial charge in [0.2, 0.25) is 0 Å². The molecule has 0 unspecified atom stereocenters. The third-order valence-electron chi connectivity index (χ3n) is 1.67. The van der Waals surface area contributed by atoms with Crippen LogP contribution < -0.4 is 5.46 Å². The lowest BCUT2D eigenvalue weighted by atomic mass is 9.79. The highest BCUT2D eigenvalue weighted by atomic mass is 16.4. The van der Waals surface area contributed by atoms with Crippen LogP contribution in [0, 0.1) is 0 Å². The van der Waals surface area contributed by atoms with Crippen molar-refractivity contribution in [1.82, 2.24) is 15.4 Å². The molecule has 0 aliphatic rings. The first-order valence-electron chi connectivity index (χ1n) is 3.45. The zero-order valence-electron chi connectivity index (χ0n) is 6.10. The highest BCUT2D eigenvalue weighted by Crippen LogP contribution is 2.03. The fraction of sp³-hybridized carbons (Fsp3) is 0. The standard InChI is InChI=1S/C6H6BN3O2/c11-7(12)4-2-1-3-5-6(4)9-10-8-5/h1-3,11-12H,(H,8,9,10). The van der Waals surface area contributed by atoms with Crippen LogP contribution in [0.15, 0.2) is 18.2 Å². The zero-order chi connectivity index (χ0) is 8.55. The van der Waals surface area contributed by atoms with Gasteiger partial charge in [-0.2, -0.15) is 0 Å². The van der Waals surface area contributed by atoms with Crippen LogP contribution >= 0.6 is 0 Å². The summed E-state index contributed by atoms with van der Waals surface area (Å²) in [6.07, 6.45) is 0. The highest BCUT2D eigenvalue weighted by molar-refractivity contribution is 6.61. The second kappa shape index (κ2) is 2.58. The molecule has 1 heterocycles.